The summed E-state index contributed by atoms with van der Waals surface area (Å²) in [6, 6.07) is 13.8. The lowest BCUT2D eigenvalue weighted by molar-refractivity contribution is 0.590. The van der Waals surface area contributed by atoms with Crippen LogP contribution in [0.3, 0.4) is 0 Å². The molecular formula is C22H25Cl2N5S. The molecule has 2 unspecified atom stereocenters. The van der Waals surface area contributed by atoms with Crippen LogP contribution >= 0.6 is 35.0 Å². The molecule has 0 saturated carbocycles. The van der Waals surface area contributed by atoms with Crippen LogP contribution in [0.25, 0.3) is 0 Å². The van der Waals surface area contributed by atoms with Crippen LogP contribution in [0.1, 0.15) is 33.3 Å². The van der Waals surface area contributed by atoms with Crippen molar-refractivity contribution in [3.63, 3.8) is 0 Å². The Morgan fingerprint density at radius 1 is 0.967 bits per heavy atom. The van der Waals surface area contributed by atoms with Crippen molar-refractivity contribution >= 4 is 52.2 Å². The summed E-state index contributed by atoms with van der Waals surface area (Å²) in [6.07, 6.45) is -0.480. The van der Waals surface area contributed by atoms with Gasteiger partial charge in [0.05, 0.1) is 21.4 Å². The topological polar surface area (TPSA) is 70.9 Å². The number of para-hydroxylation sites is 1. The van der Waals surface area contributed by atoms with Crippen LogP contribution in [0.5, 0.6) is 0 Å². The molecule has 5 nitrogen and oxygen atoms in total. The minimum absolute atomic E-state index is 0.0772. The van der Waals surface area contributed by atoms with Crippen LogP contribution in [0, 0.1) is 0 Å². The van der Waals surface area contributed by atoms with Gasteiger partial charge in [-0.2, -0.15) is 0 Å². The largest absolute Gasteiger partial charge is 0.311 e. The molecule has 0 radical (unpaired) electrons. The third kappa shape index (κ3) is 3.61. The SMILES string of the molecule is CC1=NC2=C(C(N)N1c1ccc(C(C)(C)C)cc1)N(c1c(Cl)cccc1Cl)C(N)S2. The number of halogens is 2. The van der Waals surface area contributed by atoms with Crippen molar-refractivity contribution in [3.05, 3.63) is 68.8 Å². The van der Waals surface area contributed by atoms with E-state index < -0.39 is 11.7 Å². The Morgan fingerprint density at radius 3 is 2.13 bits per heavy atom. The zero-order valence-electron chi connectivity index (χ0n) is 17.4. The first-order valence-electron chi connectivity index (χ1n) is 9.70. The quantitative estimate of drug-likeness (QED) is 0.619. The molecule has 0 fully saturated rings. The molecule has 2 atom stereocenters. The van der Waals surface area contributed by atoms with E-state index in [0.29, 0.717) is 15.7 Å². The summed E-state index contributed by atoms with van der Waals surface area (Å²) in [5, 5.41) is 1.84. The molecule has 2 heterocycles. The Labute approximate surface area is 191 Å². The van der Waals surface area contributed by atoms with Gasteiger partial charge < -0.3 is 21.3 Å². The first-order valence-corrected chi connectivity index (χ1v) is 11.3. The minimum Gasteiger partial charge on any atom is -0.311 e. The number of nitrogens with two attached hydrogens (primary N) is 2. The summed E-state index contributed by atoms with van der Waals surface area (Å²) >= 11 is 14.4. The van der Waals surface area contributed by atoms with Crippen molar-refractivity contribution in [1.29, 1.82) is 0 Å². The number of rotatable bonds is 2. The number of hydrogen-bond acceptors (Lipinski definition) is 6. The first-order chi connectivity index (χ1) is 14.1. The fourth-order valence-corrected chi connectivity index (χ4v) is 5.44. The van der Waals surface area contributed by atoms with Crippen LogP contribution in [-0.4, -0.2) is 17.5 Å². The summed E-state index contributed by atoms with van der Waals surface area (Å²) in [4.78, 5) is 8.73. The summed E-state index contributed by atoms with van der Waals surface area (Å²) in [6.45, 7) is 8.54. The molecule has 4 N–H and O–H groups in total. The molecule has 0 bridgehead atoms. The number of hydrogen-bond donors (Lipinski definition) is 2. The Balaban J connectivity index is 1.76. The molecule has 158 valence electrons. The van der Waals surface area contributed by atoms with Gasteiger partial charge >= 0.3 is 0 Å². The molecule has 0 amide bonds. The van der Waals surface area contributed by atoms with E-state index in [0.717, 1.165) is 22.2 Å². The normalized spacial score (nSPS) is 21.8. The van der Waals surface area contributed by atoms with Crippen LogP contribution < -0.4 is 21.3 Å². The van der Waals surface area contributed by atoms with E-state index in [4.69, 9.17) is 39.7 Å². The zero-order valence-corrected chi connectivity index (χ0v) is 19.7. The lowest BCUT2D eigenvalue weighted by atomic mass is 9.87. The van der Waals surface area contributed by atoms with Gasteiger partial charge in [-0.15, -0.1) is 0 Å². The maximum absolute atomic E-state index is 6.79. The highest BCUT2D eigenvalue weighted by Gasteiger charge is 2.42. The van der Waals surface area contributed by atoms with Crippen LogP contribution in [0.2, 0.25) is 10.0 Å². The number of nitrogens with zero attached hydrogens (tertiary/aromatic N) is 3. The van der Waals surface area contributed by atoms with Gasteiger partial charge in [0, 0.05) is 5.69 Å². The summed E-state index contributed by atoms with van der Waals surface area (Å²) in [5.74, 6) is 0.816. The van der Waals surface area contributed by atoms with Gasteiger partial charge in [-0.05, 0) is 42.2 Å². The van der Waals surface area contributed by atoms with E-state index in [1.807, 2.05) is 22.8 Å². The van der Waals surface area contributed by atoms with E-state index in [9.17, 15) is 0 Å². The van der Waals surface area contributed by atoms with Gasteiger partial charge in [0.1, 0.15) is 22.5 Å². The predicted molar refractivity (Wildman–Crippen MR) is 130 cm³/mol. The Hall–Kier alpha value is -1.70. The van der Waals surface area contributed by atoms with Gasteiger partial charge in [-0.25, -0.2) is 4.99 Å². The molecule has 2 aromatic carbocycles. The maximum atomic E-state index is 6.79. The van der Waals surface area contributed by atoms with Crippen molar-refractivity contribution in [2.45, 2.75) is 44.8 Å². The fourth-order valence-electron chi connectivity index (χ4n) is 3.78. The standard InChI is InChI=1S/C22H25Cl2N5S/c1-12-27-20-18(29(21(26)30-20)17-15(23)6-5-7-16(17)24)19(25)28(12)14-10-8-13(9-11-14)22(2,3)4/h5-11,19,21H,25-26H2,1-4H3. The molecular weight excluding hydrogens is 437 g/mol. The molecule has 8 heteroatoms. The van der Waals surface area contributed by atoms with Gasteiger partial charge in [0.15, 0.2) is 0 Å². The number of amidine groups is 1. The Bertz CT molecular complexity index is 1020. The van der Waals surface area contributed by atoms with E-state index in [1.54, 1.807) is 12.1 Å². The number of benzene rings is 2. The van der Waals surface area contributed by atoms with Crippen LogP contribution in [0.15, 0.2) is 58.2 Å². The smallest absolute Gasteiger partial charge is 0.136 e. The van der Waals surface area contributed by atoms with E-state index in [2.05, 4.69) is 45.0 Å². The molecule has 0 aromatic heterocycles. The fraction of sp³-hybridized carbons (Fsp3) is 0.318. The molecule has 2 aliphatic rings. The van der Waals surface area contributed by atoms with E-state index >= 15 is 0 Å². The number of anilines is 2. The summed E-state index contributed by atoms with van der Waals surface area (Å²) in [7, 11) is 0. The average molecular weight is 462 g/mol. The van der Waals surface area contributed by atoms with Gasteiger partial charge in [-0.1, -0.05) is 73.9 Å². The number of thioether (sulfide) groups is 1. The monoisotopic (exact) mass is 461 g/mol. The first kappa shape index (κ1) is 21.5. The second kappa shape index (κ2) is 7.77. The zero-order chi connectivity index (χ0) is 21.8. The lowest BCUT2D eigenvalue weighted by Crippen LogP contribution is -2.53. The van der Waals surface area contributed by atoms with Gasteiger partial charge in [0.2, 0.25) is 0 Å². The maximum Gasteiger partial charge on any atom is 0.136 e. The lowest BCUT2D eigenvalue weighted by Gasteiger charge is -2.38. The van der Waals surface area contributed by atoms with Crippen molar-refractivity contribution in [2.24, 2.45) is 16.5 Å². The van der Waals surface area contributed by atoms with Crippen LogP contribution in [-0.2, 0) is 5.41 Å². The molecule has 30 heavy (non-hydrogen) atoms. The third-order valence-corrected chi connectivity index (χ3v) is 6.91. The highest BCUT2D eigenvalue weighted by atomic mass is 35.5. The van der Waals surface area contributed by atoms with E-state index in [-0.39, 0.29) is 5.41 Å². The third-order valence-electron chi connectivity index (χ3n) is 5.33. The predicted octanol–water partition coefficient (Wildman–Crippen LogP) is 5.48. The summed E-state index contributed by atoms with van der Waals surface area (Å²) in [5.41, 5.74) is 16.6. The Morgan fingerprint density at radius 2 is 1.57 bits per heavy atom. The van der Waals surface area contributed by atoms with Gasteiger partial charge in [0.25, 0.3) is 0 Å². The molecule has 4 rings (SSSR count). The van der Waals surface area contributed by atoms with Crippen LogP contribution in [0.4, 0.5) is 11.4 Å². The highest BCUT2D eigenvalue weighted by Crippen LogP contribution is 2.48. The summed E-state index contributed by atoms with van der Waals surface area (Å²) < 4.78 is 0. The van der Waals surface area contributed by atoms with Gasteiger partial charge in [-0.3, -0.25) is 0 Å². The van der Waals surface area contributed by atoms with Crippen molar-refractivity contribution in [3.8, 4) is 0 Å². The molecule has 0 aliphatic carbocycles. The van der Waals surface area contributed by atoms with Crippen molar-refractivity contribution in [1.82, 2.24) is 0 Å². The molecule has 0 saturated heterocycles. The van der Waals surface area contributed by atoms with Crippen molar-refractivity contribution in [2.75, 3.05) is 9.80 Å². The number of aliphatic imine (C=N–C) groups is 1. The Kier molecular flexibility index (Phi) is 5.58. The molecule has 0 spiro atoms. The second-order valence-electron chi connectivity index (χ2n) is 8.41. The molecule has 2 aliphatic heterocycles. The minimum atomic E-state index is -0.480. The molecule has 2 aromatic rings. The second-order valence-corrected chi connectivity index (χ2v) is 10.3. The van der Waals surface area contributed by atoms with Crippen molar-refractivity contribution < 1.29 is 0 Å². The average Bonchev–Trinajstić information content (AvgIpc) is 2.97. The highest BCUT2D eigenvalue weighted by molar-refractivity contribution is 8.04. The van der Waals surface area contributed by atoms with E-state index in [1.165, 1.54) is 17.3 Å².